The molecule has 1 saturated heterocycles. The first-order valence-electron chi connectivity index (χ1n) is 10.4. The Hall–Kier alpha value is -3.65. The lowest BCUT2D eigenvalue weighted by atomic mass is 10.0. The van der Waals surface area contributed by atoms with Gasteiger partial charge in [-0.25, -0.2) is 9.37 Å². The lowest BCUT2D eigenvalue weighted by Gasteiger charge is -2.29. The summed E-state index contributed by atoms with van der Waals surface area (Å²) in [5.41, 5.74) is 2.74. The van der Waals surface area contributed by atoms with Gasteiger partial charge in [-0.2, -0.15) is 0 Å². The van der Waals surface area contributed by atoms with Gasteiger partial charge in [-0.3, -0.25) is 14.6 Å². The molecule has 1 aromatic carbocycles. The molecule has 3 aromatic rings. The number of carbonyl (C=O) groups is 2. The summed E-state index contributed by atoms with van der Waals surface area (Å²) in [6, 6.07) is 12.5. The van der Waals surface area contributed by atoms with Crippen LogP contribution in [0.5, 0.6) is 0 Å². The molecule has 0 radical (unpaired) electrons. The van der Waals surface area contributed by atoms with Gasteiger partial charge in [0.05, 0.1) is 16.9 Å². The molecule has 1 fully saturated rings. The smallest absolute Gasteiger partial charge is 0.283 e. The van der Waals surface area contributed by atoms with Crippen LogP contribution in [0.25, 0.3) is 22.2 Å². The standard InChI is InChI=1S/C24H24FN5O2/c1-15(25)23(31)29-21-8-11-26-20-7-6-16(14-18(20)21)19-4-3-5-22(28-19)24(32)27-17-9-12-30(2)13-10-17/h3-8,11,14,17H,1,9-10,12-13H2,2H3,(H,27,32)(H,26,29,31). The van der Waals surface area contributed by atoms with Gasteiger partial charge in [0.25, 0.3) is 11.8 Å². The number of rotatable bonds is 5. The fraction of sp³-hybridized carbons (Fsp3) is 0.250. The van der Waals surface area contributed by atoms with Crippen molar-refractivity contribution in [2.24, 2.45) is 0 Å². The maximum absolute atomic E-state index is 13.2. The second kappa shape index (κ2) is 9.23. The maximum atomic E-state index is 13.2. The Balaban J connectivity index is 1.59. The van der Waals surface area contributed by atoms with Crippen molar-refractivity contribution < 1.29 is 14.0 Å². The average molecular weight is 433 g/mol. The predicted molar refractivity (Wildman–Crippen MR) is 122 cm³/mol. The normalized spacial score (nSPS) is 14.8. The Morgan fingerprint density at radius 1 is 1.16 bits per heavy atom. The number of amides is 2. The molecule has 1 aliphatic heterocycles. The molecule has 0 spiro atoms. The number of nitrogens with one attached hydrogen (secondary N) is 2. The third-order valence-electron chi connectivity index (χ3n) is 5.57. The van der Waals surface area contributed by atoms with Crippen LogP contribution in [0.3, 0.4) is 0 Å². The molecule has 2 amide bonds. The van der Waals surface area contributed by atoms with Crippen molar-refractivity contribution in [3.05, 3.63) is 66.8 Å². The number of hydrogen-bond donors (Lipinski definition) is 2. The van der Waals surface area contributed by atoms with Crippen molar-refractivity contribution >= 4 is 28.4 Å². The molecule has 2 N–H and O–H groups in total. The number of aromatic nitrogens is 2. The van der Waals surface area contributed by atoms with Crippen LogP contribution in [0.2, 0.25) is 0 Å². The number of halogens is 1. The van der Waals surface area contributed by atoms with Gasteiger partial charge in [0, 0.05) is 23.2 Å². The lowest BCUT2D eigenvalue weighted by Crippen LogP contribution is -2.43. The van der Waals surface area contributed by atoms with Crippen LogP contribution < -0.4 is 10.6 Å². The predicted octanol–water partition coefficient (Wildman–Crippen LogP) is 3.54. The van der Waals surface area contributed by atoms with Crippen LogP contribution in [0, 0.1) is 0 Å². The third-order valence-corrected chi connectivity index (χ3v) is 5.57. The molecule has 4 rings (SSSR count). The summed E-state index contributed by atoms with van der Waals surface area (Å²) in [5.74, 6) is -2.18. The van der Waals surface area contributed by atoms with E-state index >= 15 is 0 Å². The van der Waals surface area contributed by atoms with Crippen LogP contribution in [0.15, 0.2) is 61.1 Å². The highest BCUT2D eigenvalue weighted by atomic mass is 19.1. The fourth-order valence-electron chi connectivity index (χ4n) is 3.74. The van der Waals surface area contributed by atoms with E-state index in [4.69, 9.17) is 0 Å². The minimum Gasteiger partial charge on any atom is -0.348 e. The van der Waals surface area contributed by atoms with Gasteiger partial charge in [-0.1, -0.05) is 18.7 Å². The molecule has 164 valence electrons. The Bertz CT molecular complexity index is 1190. The summed E-state index contributed by atoms with van der Waals surface area (Å²) in [6.45, 7) is 4.94. The van der Waals surface area contributed by atoms with E-state index in [9.17, 15) is 14.0 Å². The molecule has 2 aromatic heterocycles. The Morgan fingerprint density at radius 2 is 1.94 bits per heavy atom. The van der Waals surface area contributed by atoms with Gasteiger partial charge in [-0.15, -0.1) is 0 Å². The lowest BCUT2D eigenvalue weighted by molar-refractivity contribution is -0.114. The molecule has 0 bridgehead atoms. The Labute approximate surface area is 185 Å². The number of nitrogens with zero attached hydrogens (tertiary/aromatic N) is 3. The molecule has 3 heterocycles. The summed E-state index contributed by atoms with van der Waals surface area (Å²) in [6.07, 6.45) is 3.36. The quantitative estimate of drug-likeness (QED) is 0.601. The zero-order valence-electron chi connectivity index (χ0n) is 17.8. The number of fused-ring (bicyclic) bond motifs is 1. The van der Waals surface area contributed by atoms with Crippen LogP contribution >= 0.6 is 0 Å². The zero-order chi connectivity index (χ0) is 22.7. The molecular formula is C24H24FN5O2. The molecule has 7 nitrogen and oxygen atoms in total. The number of hydrogen-bond acceptors (Lipinski definition) is 5. The number of anilines is 1. The van der Waals surface area contributed by atoms with E-state index in [1.165, 1.54) is 6.20 Å². The van der Waals surface area contributed by atoms with Gasteiger partial charge in [0.2, 0.25) is 0 Å². The zero-order valence-corrected chi connectivity index (χ0v) is 17.8. The van der Waals surface area contributed by atoms with E-state index in [0.29, 0.717) is 28.0 Å². The van der Waals surface area contributed by atoms with Gasteiger partial charge in [-0.05, 0) is 63.3 Å². The van der Waals surface area contributed by atoms with Crippen molar-refractivity contribution in [2.75, 3.05) is 25.5 Å². The van der Waals surface area contributed by atoms with Crippen LogP contribution in [-0.4, -0.2) is 52.9 Å². The topological polar surface area (TPSA) is 87.2 Å². The number of carbonyl (C=O) groups excluding carboxylic acids is 2. The van der Waals surface area contributed by atoms with Gasteiger partial charge < -0.3 is 15.5 Å². The fourth-order valence-corrected chi connectivity index (χ4v) is 3.74. The summed E-state index contributed by atoms with van der Waals surface area (Å²) in [4.78, 5) is 35.6. The number of benzene rings is 1. The molecule has 1 aliphatic rings. The van der Waals surface area contributed by atoms with E-state index in [0.717, 1.165) is 31.5 Å². The second-order valence-corrected chi connectivity index (χ2v) is 7.91. The highest BCUT2D eigenvalue weighted by Crippen LogP contribution is 2.27. The number of likely N-dealkylation sites (tertiary alicyclic amines) is 1. The monoisotopic (exact) mass is 433 g/mol. The van der Waals surface area contributed by atoms with Crippen LogP contribution in [0.4, 0.5) is 10.1 Å². The molecular weight excluding hydrogens is 409 g/mol. The first-order valence-corrected chi connectivity index (χ1v) is 10.4. The molecule has 0 atom stereocenters. The van der Waals surface area contributed by atoms with E-state index in [1.807, 2.05) is 12.1 Å². The molecule has 8 heteroatoms. The van der Waals surface area contributed by atoms with E-state index in [2.05, 4.69) is 39.1 Å². The van der Waals surface area contributed by atoms with Gasteiger partial charge >= 0.3 is 0 Å². The summed E-state index contributed by atoms with van der Waals surface area (Å²) in [5, 5.41) is 6.20. The molecule has 0 saturated carbocycles. The van der Waals surface area contributed by atoms with Gasteiger partial charge in [0.15, 0.2) is 5.83 Å². The second-order valence-electron chi connectivity index (χ2n) is 7.91. The SMILES string of the molecule is C=C(F)C(=O)Nc1ccnc2ccc(-c3cccc(C(=O)NC4CCN(C)CC4)n3)cc12. The van der Waals surface area contributed by atoms with E-state index in [-0.39, 0.29) is 11.9 Å². The highest BCUT2D eigenvalue weighted by molar-refractivity contribution is 6.07. The summed E-state index contributed by atoms with van der Waals surface area (Å²) >= 11 is 0. The molecule has 0 unspecified atom stereocenters. The number of piperidine rings is 1. The minimum atomic E-state index is -1.07. The van der Waals surface area contributed by atoms with Gasteiger partial charge in [0.1, 0.15) is 5.69 Å². The van der Waals surface area contributed by atoms with Crippen LogP contribution in [0.1, 0.15) is 23.3 Å². The summed E-state index contributed by atoms with van der Waals surface area (Å²) < 4.78 is 13.2. The summed E-state index contributed by atoms with van der Waals surface area (Å²) in [7, 11) is 2.08. The van der Waals surface area contributed by atoms with Crippen molar-refractivity contribution in [1.82, 2.24) is 20.2 Å². The Morgan fingerprint density at radius 3 is 2.69 bits per heavy atom. The van der Waals surface area contributed by atoms with E-state index < -0.39 is 11.7 Å². The minimum absolute atomic E-state index is 0.146. The van der Waals surface area contributed by atoms with Crippen LogP contribution in [-0.2, 0) is 4.79 Å². The first kappa shape index (κ1) is 21.6. The van der Waals surface area contributed by atoms with E-state index in [1.54, 1.807) is 30.3 Å². The molecule has 0 aliphatic carbocycles. The van der Waals surface area contributed by atoms with Crippen molar-refractivity contribution in [3.63, 3.8) is 0 Å². The number of pyridine rings is 2. The first-order chi connectivity index (χ1) is 15.4. The Kier molecular flexibility index (Phi) is 6.23. The van der Waals surface area contributed by atoms with Crippen molar-refractivity contribution in [3.8, 4) is 11.3 Å². The highest BCUT2D eigenvalue weighted by Gasteiger charge is 2.20. The maximum Gasteiger partial charge on any atom is 0.283 e. The largest absolute Gasteiger partial charge is 0.348 e. The van der Waals surface area contributed by atoms with Crippen molar-refractivity contribution in [1.29, 1.82) is 0 Å². The third kappa shape index (κ3) is 4.81. The molecule has 32 heavy (non-hydrogen) atoms. The van der Waals surface area contributed by atoms with Crippen molar-refractivity contribution in [2.45, 2.75) is 18.9 Å². The average Bonchev–Trinajstić information content (AvgIpc) is 2.80.